The van der Waals surface area contributed by atoms with Crippen LogP contribution in [0.1, 0.15) is 35.6 Å². The number of hydrogen-bond donors (Lipinski definition) is 2. The molecule has 2 N–H and O–H groups in total. The Labute approximate surface area is 142 Å². The third kappa shape index (κ3) is 2.85. The zero-order chi connectivity index (χ0) is 17.4. The molecule has 0 bridgehead atoms. The van der Waals surface area contributed by atoms with Crippen molar-refractivity contribution in [2.75, 3.05) is 20.6 Å². The van der Waals surface area contributed by atoms with Crippen LogP contribution in [0.4, 0.5) is 0 Å². The van der Waals surface area contributed by atoms with Gasteiger partial charge in [-0.1, -0.05) is 23.7 Å². The fourth-order valence-corrected chi connectivity index (χ4v) is 3.29. The summed E-state index contributed by atoms with van der Waals surface area (Å²) >= 11 is 0. The summed E-state index contributed by atoms with van der Waals surface area (Å²) in [5, 5.41) is 16.1. The molecule has 1 aromatic carbocycles. The second-order valence-corrected chi connectivity index (χ2v) is 6.65. The summed E-state index contributed by atoms with van der Waals surface area (Å²) in [7, 11) is 3.93. The van der Waals surface area contributed by atoms with E-state index in [-0.39, 0.29) is 0 Å². The zero-order valence-corrected chi connectivity index (χ0v) is 15.0. The normalized spacial score (nSPS) is 13.1. The van der Waals surface area contributed by atoms with Gasteiger partial charge in [0.2, 0.25) is 0 Å². The molecule has 0 aliphatic carbocycles. The molecule has 0 saturated heterocycles. The molecule has 0 fully saturated rings. The number of likely N-dealkylation sites (N-methyl/N-ethyl adjacent to an activating group) is 1. The summed E-state index contributed by atoms with van der Waals surface area (Å²) in [6.45, 7) is 6.60. The van der Waals surface area contributed by atoms with E-state index in [4.69, 9.17) is 4.52 Å². The minimum atomic E-state index is -0.593. The molecular weight excluding hydrogens is 302 g/mol. The van der Waals surface area contributed by atoms with Gasteiger partial charge in [0.15, 0.2) is 0 Å². The number of aliphatic hydroxyl groups excluding tert-OH is 1. The zero-order valence-electron chi connectivity index (χ0n) is 15.0. The van der Waals surface area contributed by atoms with E-state index in [1.165, 1.54) is 5.56 Å². The highest BCUT2D eigenvalue weighted by molar-refractivity contribution is 5.92. The van der Waals surface area contributed by atoms with Crippen LogP contribution in [0.3, 0.4) is 0 Å². The van der Waals surface area contributed by atoms with Crippen molar-refractivity contribution < 1.29 is 9.63 Å². The summed E-state index contributed by atoms with van der Waals surface area (Å²) in [4.78, 5) is 5.48. The molecule has 1 unspecified atom stereocenters. The Kier molecular flexibility index (Phi) is 4.47. The van der Waals surface area contributed by atoms with Gasteiger partial charge in [0.05, 0.1) is 23.1 Å². The largest absolute Gasteiger partial charge is 0.387 e. The topological polar surface area (TPSA) is 65.3 Å². The number of fused-ring (bicyclic) bond motifs is 1. The fraction of sp³-hybridized carbons (Fsp3) is 0.421. The number of aliphatic hydroxyl groups is 1. The molecule has 0 amide bonds. The Morgan fingerprint density at radius 1 is 1.29 bits per heavy atom. The summed E-state index contributed by atoms with van der Waals surface area (Å²) in [5.74, 6) is 0.772. The lowest BCUT2D eigenvalue weighted by molar-refractivity contribution is 0.140. The third-order valence-electron chi connectivity index (χ3n) is 4.38. The lowest BCUT2D eigenvalue weighted by Gasteiger charge is -2.17. The second kappa shape index (κ2) is 6.42. The van der Waals surface area contributed by atoms with Crippen molar-refractivity contribution in [2.24, 2.45) is 0 Å². The van der Waals surface area contributed by atoms with Crippen molar-refractivity contribution in [3.05, 3.63) is 40.8 Å². The average molecular weight is 327 g/mol. The van der Waals surface area contributed by atoms with Gasteiger partial charge in [-0.15, -0.1) is 0 Å². The molecule has 0 radical (unpaired) electrons. The molecule has 0 aliphatic rings. The highest BCUT2D eigenvalue weighted by atomic mass is 16.5. The Bertz CT molecular complexity index is 861. The van der Waals surface area contributed by atoms with Gasteiger partial charge in [0.25, 0.3) is 0 Å². The summed E-state index contributed by atoms with van der Waals surface area (Å²) in [6, 6.07) is 6.26. The summed E-state index contributed by atoms with van der Waals surface area (Å²) in [5.41, 5.74) is 5.91. The van der Waals surface area contributed by atoms with Crippen LogP contribution in [0.25, 0.3) is 22.2 Å². The molecule has 2 heterocycles. The maximum Gasteiger partial charge on any atom is 0.143 e. The molecule has 5 nitrogen and oxygen atoms in total. The first-order valence-corrected chi connectivity index (χ1v) is 8.32. The first-order valence-electron chi connectivity index (χ1n) is 8.32. The number of H-pyrrole nitrogens is 1. The molecule has 24 heavy (non-hydrogen) atoms. The Hall–Kier alpha value is -2.11. The van der Waals surface area contributed by atoms with Crippen LogP contribution in [0, 0.1) is 13.8 Å². The van der Waals surface area contributed by atoms with Gasteiger partial charge in [-0.2, -0.15) is 0 Å². The van der Waals surface area contributed by atoms with Gasteiger partial charge in [-0.25, -0.2) is 0 Å². The Balaban J connectivity index is 2.28. The van der Waals surface area contributed by atoms with Gasteiger partial charge in [0.1, 0.15) is 5.76 Å². The summed E-state index contributed by atoms with van der Waals surface area (Å²) < 4.78 is 5.41. The fourth-order valence-electron chi connectivity index (χ4n) is 3.29. The third-order valence-corrected chi connectivity index (χ3v) is 4.38. The van der Waals surface area contributed by atoms with E-state index < -0.39 is 6.10 Å². The maximum absolute atomic E-state index is 10.9. The number of hydrogen-bond acceptors (Lipinski definition) is 4. The monoisotopic (exact) mass is 327 g/mol. The van der Waals surface area contributed by atoms with E-state index in [1.54, 1.807) is 0 Å². The average Bonchev–Trinajstić information content (AvgIpc) is 3.05. The molecule has 0 saturated carbocycles. The quantitative estimate of drug-likeness (QED) is 0.751. The van der Waals surface area contributed by atoms with E-state index in [2.05, 4.69) is 42.2 Å². The van der Waals surface area contributed by atoms with Crippen molar-refractivity contribution in [3.8, 4) is 11.3 Å². The smallest absolute Gasteiger partial charge is 0.143 e. The summed E-state index contributed by atoms with van der Waals surface area (Å²) in [6.07, 6.45) is 0.189. The molecule has 0 aliphatic heterocycles. The van der Waals surface area contributed by atoms with E-state index in [0.717, 1.165) is 45.6 Å². The lowest BCUT2D eigenvalue weighted by Crippen LogP contribution is -2.20. The van der Waals surface area contributed by atoms with Crippen LogP contribution in [-0.2, 0) is 6.42 Å². The van der Waals surface area contributed by atoms with Crippen LogP contribution in [0.2, 0.25) is 0 Å². The van der Waals surface area contributed by atoms with Gasteiger partial charge < -0.3 is 19.5 Å². The number of aromatic nitrogens is 2. The standard InChI is InChI=1S/C19H25N3O2/c1-6-14-17(12(3)24-21-14)19-18(16(23)10-22(4)5)13-9-11(2)7-8-15(13)20-19/h7-9,16,20,23H,6,10H2,1-5H3. The molecule has 0 spiro atoms. The Morgan fingerprint density at radius 3 is 2.71 bits per heavy atom. The van der Waals surface area contributed by atoms with Crippen molar-refractivity contribution in [2.45, 2.75) is 33.3 Å². The minimum Gasteiger partial charge on any atom is -0.387 e. The van der Waals surface area contributed by atoms with Crippen LogP contribution in [-0.4, -0.2) is 40.8 Å². The Morgan fingerprint density at radius 2 is 2.04 bits per heavy atom. The highest BCUT2D eigenvalue weighted by Crippen LogP contribution is 2.38. The van der Waals surface area contributed by atoms with E-state index in [9.17, 15) is 5.11 Å². The molecule has 128 valence electrons. The number of nitrogens with zero attached hydrogens (tertiary/aromatic N) is 2. The van der Waals surface area contributed by atoms with Crippen molar-refractivity contribution in [3.63, 3.8) is 0 Å². The second-order valence-electron chi connectivity index (χ2n) is 6.65. The molecule has 3 rings (SSSR count). The van der Waals surface area contributed by atoms with Crippen LogP contribution in [0.5, 0.6) is 0 Å². The maximum atomic E-state index is 10.9. The van der Waals surface area contributed by atoms with Crippen LogP contribution in [0.15, 0.2) is 22.7 Å². The minimum absolute atomic E-state index is 0.555. The molecule has 1 atom stereocenters. The van der Waals surface area contributed by atoms with Crippen molar-refractivity contribution >= 4 is 10.9 Å². The van der Waals surface area contributed by atoms with Crippen LogP contribution >= 0.6 is 0 Å². The van der Waals surface area contributed by atoms with Gasteiger partial charge in [0, 0.05) is 23.0 Å². The van der Waals surface area contributed by atoms with Crippen molar-refractivity contribution in [1.29, 1.82) is 0 Å². The molecule has 3 aromatic rings. The van der Waals surface area contributed by atoms with E-state index >= 15 is 0 Å². The number of rotatable bonds is 5. The van der Waals surface area contributed by atoms with E-state index in [1.807, 2.05) is 25.9 Å². The van der Waals surface area contributed by atoms with Gasteiger partial charge in [-0.3, -0.25) is 0 Å². The molecule has 5 heteroatoms. The lowest BCUT2D eigenvalue weighted by atomic mass is 9.98. The molecular formula is C19H25N3O2. The SMILES string of the molecule is CCc1noc(C)c1-c1[nH]c2ccc(C)cc2c1C(O)CN(C)C. The van der Waals surface area contributed by atoms with Gasteiger partial charge in [-0.05, 0) is 46.5 Å². The number of benzene rings is 1. The van der Waals surface area contributed by atoms with Gasteiger partial charge >= 0.3 is 0 Å². The first-order chi connectivity index (χ1) is 11.4. The van der Waals surface area contributed by atoms with E-state index in [0.29, 0.717) is 6.54 Å². The number of aromatic amines is 1. The number of nitrogens with one attached hydrogen (secondary N) is 1. The predicted molar refractivity (Wildman–Crippen MR) is 96.2 cm³/mol. The van der Waals surface area contributed by atoms with Crippen LogP contribution < -0.4 is 0 Å². The molecule has 2 aromatic heterocycles. The first kappa shape index (κ1) is 16.7. The number of aryl methyl sites for hydroxylation is 3. The van der Waals surface area contributed by atoms with Crippen molar-refractivity contribution in [1.82, 2.24) is 15.0 Å². The highest BCUT2D eigenvalue weighted by Gasteiger charge is 2.25. The predicted octanol–water partition coefficient (Wildman–Crippen LogP) is 3.60.